The van der Waals surface area contributed by atoms with Crippen LogP contribution in [0.4, 0.5) is 13.9 Å². The van der Waals surface area contributed by atoms with E-state index >= 15 is 0 Å². The molecule has 136 valence electrons. The molecule has 0 bridgehead atoms. The quantitative estimate of drug-likeness (QED) is 0.734. The Morgan fingerprint density at radius 2 is 1.92 bits per heavy atom. The summed E-state index contributed by atoms with van der Waals surface area (Å²) >= 11 is 0.914. The molecule has 0 atom stereocenters. The Balaban J connectivity index is 1.90. The van der Waals surface area contributed by atoms with Gasteiger partial charge in [-0.15, -0.1) is 0 Å². The van der Waals surface area contributed by atoms with Crippen molar-refractivity contribution in [2.75, 3.05) is 19.4 Å². The van der Waals surface area contributed by atoms with Gasteiger partial charge in [-0.05, 0) is 24.3 Å². The molecule has 3 rings (SSSR count). The lowest BCUT2D eigenvalue weighted by atomic mass is 10.2. The van der Waals surface area contributed by atoms with Crippen LogP contribution in [0.1, 0.15) is 10.4 Å². The summed E-state index contributed by atoms with van der Waals surface area (Å²) < 4.78 is 52.6. The number of hydrogen-bond donors (Lipinski definition) is 1. The van der Waals surface area contributed by atoms with Crippen molar-refractivity contribution in [1.29, 1.82) is 0 Å². The number of thiazole rings is 1. The second-order valence-corrected chi connectivity index (χ2v) is 8.71. The summed E-state index contributed by atoms with van der Waals surface area (Å²) in [5.74, 6) is -2.17. The molecule has 0 fully saturated rings. The van der Waals surface area contributed by atoms with Crippen LogP contribution >= 0.6 is 11.3 Å². The Kier molecular flexibility index (Phi) is 4.74. The lowest BCUT2D eigenvalue weighted by Crippen LogP contribution is -2.22. The van der Waals surface area contributed by atoms with Crippen LogP contribution in [0.3, 0.4) is 0 Å². The molecule has 10 heteroatoms. The van der Waals surface area contributed by atoms with E-state index in [4.69, 9.17) is 0 Å². The summed E-state index contributed by atoms with van der Waals surface area (Å²) in [6.45, 7) is 0. The van der Waals surface area contributed by atoms with Gasteiger partial charge in [0.25, 0.3) is 5.91 Å². The van der Waals surface area contributed by atoms with Crippen molar-refractivity contribution in [3.8, 4) is 0 Å². The molecule has 6 nitrogen and oxygen atoms in total. The van der Waals surface area contributed by atoms with Crippen LogP contribution in [-0.4, -0.2) is 37.7 Å². The average Bonchev–Trinajstić information content (AvgIpc) is 2.97. The molecule has 0 unspecified atom stereocenters. The summed E-state index contributed by atoms with van der Waals surface area (Å²) in [4.78, 5) is 16.3. The largest absolute Gasteiger partial charge is 0.298 e. The van der Waals surface area contributed by atoms with Crippen molar-refractivity contribution in [3.63, 3.8) is 0 Å². The standard InChI is InChI=1S/C16H13F2N3O3S2/c1-21(2)26(23,24)11-5-3-4-9(6-11)15(22)20-16-19-14-12(18)7-10(17)8-13(14)25-16/h3-8H,1-2H3,(H,19,20,22). The number of amides is 1. The Bertz CT molecular complexity index is 1110. The van der Waals surface area contributed by atoms with Gasteiger partial charge in [0.05, 0.1) is 9.60 Å². The van der Waals surface area contributed by atoms with E-state index in [2.05, 4.69) is 10.3 Å². The highest BCUT2D eigenvalue weighted by Crippen LogP contribution is 2.29. The highest BCUT2D eigenvalue weighted by molar-refractivity contribution is 7.89. The van der Waals surface area contributed by atoms with Crippen LogP contribution in [0, 0.1) is 11.6 Å². The highest BCUT2D eigenvalue weighted by Gasteiger charge is 2.19. The van der Waals surface area contributed by atoms with E-state index in [0.29, 0.717) is 6.07 Å². The minimum Gasteiger partial charge on any atom is -0.298 e. The number of benzene rings is 2. The first-order valence-electron chi connectivity index (χ1n) is 7.28. The van der Waals surface area contributed by atoms with E-state index in [1.807, 2.05) is 0 Å². The van der Waals surface area contributed by atoms with Crippen LogP contribution in [0.25, 0.3) is 10.2 Å². The zero-order chi connectivity index (χ0) is 19.1. The number of rotatable bonds is 4. The number of hydrogen-bond acceptors (Lipinski definition) is 5. The third-order valence-corrected chi connectivity index (χ3v) is 6.24. The summed E-state index contributed by atoms with van der Waals surface area (Å²) in [7, 11) is -0.916. The number of carbonyl (C=O) groups is 1. The summed E-state index contributed by atoms with van der Waals surface area (Å²) in [6, 6.07) is 7.33. The molecule has 1 N–H and O–H groups in total. The lowest BCUT2D eigenvalue weighted by Gasteiger charge is -2.12. The van der Waals surface area contributed by atoms with E-state index in [1.165, 1.54) is 38.4 Å². The molecule has 0 aliphatic carbocycles. The fourth-order valence-electron chi connectivity index (χ4n) is 2.19. The van der Waals surface area contributed by atoms with Gasteiger partial charge in [0.1, 0.15) is 11.3 Å². The predicted octanol–water partition coefficient (Wildman–Crippen LogP) is 3.08. The second kappa shape index (κ2) is 6.71. The van der Waals surface area contributed by atoms with Gasteiger partial charge < -0.3 is 0 Å². The zero-order valence-electron chi connectivity index (χ0n) is 13.7. The van der Waals surface area contributed by atoms with Crippen molar-refractivity contribution in [3.05, 3.63) is 53.6 Å². The number of sulfonamides is 1. The molecule has 0 spiro atoms. The molecule has 1 aromatic heterocycles. The van der Waals surface area contributed by atoms with Crippen molar-refractivity contribution in [1.82, 2.24) is 9.29 Å². The Hall–Kier alpha value is -2.43. The molecule has 3 aromatic rings. The molecular weight excluding hydrogens is 384 g/mol. The molecule has 1 amide bonds. The van der Waals surface area contributed by atoms with Gasteiger partial charge >= 0.3 is 0 Å². The molecule has 0 saturated carbocycles. The van der Waals surface area contributed by atoms with Crippen molar-refractivity contribution in [2.45, 2.75) is 4.90 Å². The SMILES string of the molecule is CN(C)S(=O)(=O)c1cccc(C(=O)Nc2nc3c(F)cc(F)cc3s2)c1. The number of aromatic nitrogens is 1. The fourth-order valence-corrected chi connectivity index (χ4v) is 4.04. The number of anilines is 1. The van der Waals surface area contributed by atoms with Gasteiger partial charge in [0, 0.05) is 25.7 Å². The van der Waals surface area contributed by atoms with Gasteiger partial charge in [-0.25, -0.2) is 26.5 Å². The number of carbonyl (C=O) groups excluding carboxylic acids is 1. The fraction of sp³-hybridized carbons (Fsp3) is 0.125. The number of fused-ring (bicyclic) bond motifs is 1. The van der Waals surface area contributed by atoms with E-state index in [9.17, 15) is 22.0 Å². The predicted molar refractivity (Wildman–Crippen MR) is 94.8 cm³/mol. The monoisotopic (exact) mass is 397 g/mol. The van der Waals surface area contributed by atoms with E-state index in [1.54, 1.807) is 0 Å². The number of halogens is 2. The van der Waals surface area contributed by atoms with E-state index in [-0.39, 0.29) is 25.8 Å². The van der Waals surface area contributed by atoms with E-state index in [0.717, 1.165) is 21.7 Å². The van der Waals surface area contributed by atoms with Crippen LogP contribution in [0.5, 0.6) is 0 Å². The third-order valence-electron chi connectivity index (χ3n) is 3.51. The minimum absolute atomic E-state index is 0.0347. The smallest absolute Gasteiger partial charge is 0.257 e. The molecule has 2 aromatic carbocycles. The molecule has 0 radical (unpaired) electrons. The van der Waals surface area contributed by atoms with Gasteiger partial charge in [-0.2, -0.15) is 0 Å². The summed E-state index contributed by atoms with van der Waals surface area (Å²) in [5.41, 5.74) is 0.0504. The van der Waals surface area contributed by atoms with Gasteiger partial charge in [-0.3, -0.25) is 10.1 Å². The Labute approximate surface area is 152 Å². The zero-order valence-corrected chi connectivity index (χ0v) is 15.3. The number of nitrogens with zero attached hydrogens (tertiary/aromatic N) is 2. The van der Waals surface area contributed by atoms with Crippen LogP contribution in [0.2, 0.25) is 0 Å². The second-order valence-electron chi connectivity index (χ2n) is 5.52. The summed E-state index contributed by atoms with van der Waals surface area (Å²) in [5, 5.41) is 2.55. The van der Waals surface area contributed by atoms with Crippen molar-refractivity contribution < 1.29 is 22.0 Å². The molecule has 0 aliphatic rings. The maximum absolute atomic E-state index is 13.7. The van der Waals surface area contributed by atoms with Crippen LogP contribution in [0.15, 0.2) is 41.3 Å². The Morgan fingerprint density at radius 1 is 1.19 bits per heavy atom. The Morgan fingerprint density at radius 3 is 2.62 bits per heavy atom. The topological polar surface area (TPSA) is 79.4 Å². The minimum atomic E-state index is -3.69. The highest BCUT2D eigenvalue weighted by atomic mass is 32.2. The summed E-state index contributed by atoms with van der Waals surface area (Å²) in [6.07, 6.45) is 0. The van der Waals surface area contributed by atoms with Crippen LogP contribution in [-0.2, 0) is 10.0 Å². The molecule has 26 heavy (non-hydrogen) atoms. The average molecular weight is 397 g/mol. The van der Waals surface area contributed by atoms with Crippen LogP contribution < -0.4 is 5.32 Å². The maximum Gasteiger partial charge on any atom is 0.257 e. The van der Waals surface area contributed by atoms with Gasteiger partial charge in [-0.1, -0.05) is 17.4 Å². The van der Waals surface area contributed by atoms with Gasteiger partial charge in [0.15, 0.2) is 10.9 Å². The first kappa shape index (κ1) is 18.4. The van der Waals surface area contributed by atoms with Crippen molar-refractivity contribution in [2.24, 2.45) is 0 Å². The third kappa shape index (κ3) is 3.43. The first-order valence-corrected chi connectivity index (χ1v) is 9.53. The molecule has 1 heterocycles. The maximum atomic E-state index is 13.7. The van der Waals surface area contributed by atoms with E-state index < -0.39 is 27.6 Å². The molecular formula is C16H13F2N3O3S2. The normalized spacial score (nSPS) is 11.9. The first-order chi connectivity index (χ1) is 12.2. The van der Waals surface area contributed by atoms with Crippen molar-refractivity contribution >= 4 is 42.6 Å². The van der Waals surface area contributed by atoms with Gasteiger partial charge in [0.2, 0.25) is 10.0 Å². The molecule has 0 saturated heterocycles. The lowest BCUT2D eigenvalue weighted by molar-refractivity contribution is 0.102. The molecule has 0 aliphatic heterocycles. The number of nitrogens with one attached hydrogen (secondary N) is 1.